The third kappa shape index (κ3) is 6.65. The van der Waals surface area contributed by atoms with Gasteiger partial charge in [-0.3, -0.25) is 4.79 Å². The van der Waals surface area contributed by atoms with Crippen molar-refractivity contribution in [3.8, 4) is 5.75 Å². The Hall–Kier alpha value is -2.24. The van der Waals surface area contributed by atoms with Crippen molar-refractivity contribution in [1.82, 2.24) is 10.2 Å². The number of benzene rings is 1. The number of aryl methyl sites for hydroxylation is 1. The van der Waals surface area contributed by atoms with Gasteiger partial charge in [0.25, 0.3) is 0 Å². The Kier molecular flexibility index (Phi) is 7.08. The summed E-state index contributed by atoms with van der Waals surface area (Å²) >= 11 is 0. The molecule has 0 aliphatic heterocycles. The molecule has 1 aromatic rings. The predicted octanol–water partition coefficient (Wildman–Crippen LogP) is 1.88. The number of carbonyl (C=O) groups excluding carboxylic acids is 1. The SMILES string of the molecule is Cc1ccccc1OCCCNC(=O)N(C)CCC(=O)O. The number of para-hydroxylation sites is 1. The first-order valence-electron chi connectivity index (χ1n) is 6.90. The number of carboxylic acid groups (broad SMARTS) is 1. The summed E-state index contributed by atoms with van der Waals surface area (Å²) in [6.45, 7) is 3.18. The molecule has 2 N–H and O–H groups in total. The molecule has 0 aromatic heterocycles. The van der Waals surface area contributed by atoms with Crippen molar-refractivity contribution in [2.75, 3.05) is 26.7 Å². The lowest BCUT2D eigenvalue weighted by molar-refractivity contribution is -0.137. The molecule has 0 bridgehead atoms. The lowest BCUT2D eigenvalue weighted by atomic mass is 10.2. The molecule has 116 valence electrons. The third-order valence-corrected chi connectivity index (χ3v) is 2.96. The van der Waals surface area contributed by atoms with Gasteiger partial charge in [0.05, 0.1) is 13.0 Å². The Morgan fingerprint density at radius 1 is 1.33 bits per heavy atom. The average Bonchev–Trinajstić information content (AvgIpc) is 2.45. The van der Waals surface area contributed by atoms with E-state index in [0.717, 1.165) is 11.3 Å². The van der Waals surface area contributed by atoms with Crippen LogP contribution in [0.3, 0.4) is 0 Å². The standard InChI is InChI=1S/C15H22N2O4/c1-12-6-3-4-7-13(12)21-11-5-9-16-15(20)17(2)10-8-14(18)19/h3-4,6-7H,5,8-11H2,1-2H3,(H,16,20)(H,18,19). The lowest BCUT2D eigenvalue weighted by Gasteiger charge is -2.17. The summed E-state index contributed by atoms with van der Waals surface area (Å²) in [5.74, 6) is -0.0660. The van der Waals surface area contributed by atoms with Crippen LogP contribution in [0.1, 0.15) is 18.4 Å². The number of urea groups is 1. The number of aliphatic carboxylic acids is 1. The number of ether oxygens (including phenoxy) is 1. The highest BCUT2D eigenvalue weighted by atomic mass is 16.5. The molecule has 0 radical (unpaired) electrons. The molecule has 21 heavy (non-hydrogen) atoms. The summed E-state index contributed by atoms with van der Waals surface area (Å²) in [5, 5.41) is 11.3. The Balaban J connectivity index is 2.15. The first-order valence-corrected chi connectivity index (χ1v) is 6.90. The lowest BCUT2D eigenvalue weighted by Crippen LogP contribution is -2.39. The number of nitrogens with zero attached hydrogens (tertiary/aromatic N) is 1. The zero-order chi connectivity index (χ0) is 15.7. The van der Waals surface area contributed by atoms with Crippen LogP contribution in [0, 0.1) is 6.92 Å². The van der Waals surface area contributed by atoms with E-state index in [9.17, 15) is 9.59 Å². The third-order valence-electron chi connectivity index (χ3n) is 2.96. The van der Waals surface area contributed by atoms with Gasteiger partial charge >= 0.3 is 12.0 Å². The molecule has 6 nitrogen and oxygen atoms in total. The predicted molar refractivity (Wildman–Crippen MR) is 79.6 cm³/mol. The Morgan fingerprint density at radius 3 is 2.71 bits per heavy atom. The van der Waals surface area contributed by atoms with Crippen molar-refractivity contribution in [2.24, 2.45) is 0 Å². The summed E-state index contributed by atoms with van der Waals surface area (Å²) in [6.07, 6.45) is 0.632. The van der Waals surface area contributed by atoms with Crippen LogP contribution in [-0.2, 0) is 4.79 Å². The smallest absolute Gasteiger partial charge is 0.317 e. The number of hydrogen-bond donors (Lipinski definition) is 2. The average molecular weight is 294 g/mol. The number of rotatable bonds is 8. The van der Waals surface area contributed by atoms with Crippen molar-refractivity contribution in [2.45, 2.75) is 19.8 Å². The molecule has 1 rings (SSSR count). The highest BCUT2D eigenvalue weighted by Gasteiger charge is 2.09. The topological polar surface area (TPSA) is 78.9 Å². The van der Waals surface area contributed by atoms with E-state index < -0.39 is 5.97 Å². The van der Waals surface area contributed by atoms with Crippen LogP contribution in [0.4, 0.5) is 4.79 Å². The second-order valence-corrected chi connectivity index (χ2v) is 4.76. The molecule has 0 heterocycles. The van der Waals surface area contributed by atoms with Gasteiger partial charge in [0.15, 0.2) is 0 Å². The van der Waals surface area contributed by atoms with E-state index in [4.69, 9.17) is 9.84 Å². The fourth-order valence-electron chi connectivity index (χ4n) is 1.67. The maximum atomic E-state index is 11.6. The largest absolute Gasteiger partial charge is 0.493 e. The van der Waals surface area contributed by atoms with Gasteiger partial charge in [-0.25, -0.2) is 4.79 Å². The minimum absolute atomic E-state index is 0.0552. The van der Waals surface area contributed by atoms with Crippen molar-refractivity contribution >= 4 is 12.0 Å². The van der Waals surface area contributed by atoms with Gasteiger partial charge in [-0.15, -0.1) is 0 Å². The molecule has 1 aromatic carbocycles. The van der Waals surface area contributed by atoms with Crippen molar-refractivity contribution < 1.29 is 19.4 Å². The minimum Gasteiger partial charge on any atom is -0.493 e. The molecule has 0 fully saturated rings. The molecule has 0 saturated heterocycles. The number of nitrogens with one attached hydrogen (secondary N) is 1. The van der Waals surface area contributed by atoms with Crippen LogP contribution in [-0.4, -0.2) is 48.8 Å². The Morgan fingerprint density at radius 2 is 2.05 bits per heavy atom. The second kappa shape index (κ2) is 8.84. The van der Waals surface area contributed by atoms with Gasteiger partial charge in [-0.1, -0.05) is 18.2 Å². The van der Waals surface area contributed by atoms with E-state index in [1.165, 1.54) is 4.90 Å². The fourth-order valence-corrected chi connectivity index (χ4v) is 1.67. The number of carboxylic acids is 1. The van der Waals surface area contributed by atoms with Gasteiger partial charge in [-0.05, 0) is 25.0 Å². The van der Waals surface area contributed by atoms with E-state index in [0.29, 0.717) is 19.6 Å². The van der Waals surface area contributed by atoms with Crippen LogP contribution in [0.2, 0.25) is 0 Å². The number of amides is 2. The van der Waals surface area contributed by atoms with Gasteiger partial charge in [0.1, 0.15) is 5.75 Å². The van der Waals surface area contributed by atoms with Crippen LogP contribution in [0.25, 0.3) is 0 Å². The maximum Gasteiger partial charge on any atom is 0.317 e. The molecule has 0 atom stereocenters. The highest BCUT2D eigenvalue weighted by molar-refractivity contribution is 5.74. The zero-order valence-corrected chi connectivity index (χ0v) is 12.5. The van der Waals surface area contributed by atoms with Crippen LogP contribution >= 0.6 is 0 Å². The van der Waals surface area contributed by atoms with Crippen molar-refractivity contribution in [1.29, 1.82) is 0 Å². The first-order chi connectivity index (χ1) is 10.0. The molecule has 0 spiro atoms. The van der Waals surface area contributed by atoms with Crippen molar-refractivity contribution in [3.63, 3.8) is 0 Å². The van der Waals surface area contributed by atoms with Crippen molar-refractivity contribution in [3.05, 3.63) is 29.8 Å². The monoisotopic (exact) mass is 294 g/mol. The molecule has 0 unspecified atom stereocenters. The van der Waals surface area contributed by atoms with E-state index >= 15 is 0 Å². The van der Waals surface area contributed by atoms with Gasteiger partial charge in [0, 0.05) is 20.1 Å². The minimum atomic E-state index is -0.915. The number of carbonyl (C=O) groups is 2. The maximum absolute atomic E-state index is 11.6. The number of hydrogen-bond acceptors (Lipinski definition) is 3. The molecule has 6 heteroatoms. The molecule has 0 aliphatic rings. The summed E-state index contributed by atoms with van der Waals surface area (Å²) in [4.78, 5) is 23.4. The molecule has 0 saturated carbocycles. The van der Waals surface area contributed by atoms with Gasteiger partial charge in [0.2, 0.25) is 0 Å². The summed E-state index contributed by atoms with van der Waals surface area (Å²) in [7, 11) is 1.57. The normalized spacial score (nSPS) is 10.0. The fraction of sp³-hybridized carbons (Fsp3) is 0.467. The molecular weight excluding hydrogens is 272 g/mol. The summed E-state index contributed by atoms with van der Waals surface area (Å²) in [5.41, 5.74) is 1.08. The van der Waals surface area contributed by atoms with E-state index in [1.54, 1.807) is 7.05 Å². The van der Waals surface area contributed by atoms with Crippen LogP contribution in [0.5, 0.6) is 5.75 Å². The first kappa shape index (κ1) is 16.8. The molecule has 2 amide bonds. The van der Waals surface area contributed by atoms with Crippen LogP contribution in [0.15, 0.2) is 24.3 Å². The highest BCUT2D eigenvalue weighted by Crippen LogP contribution is 2.15. The Bertz CT molecular complexity index is 476. The Labute approximate surface area is 124 Å². The van der Waals surface area contributed by atoms with Gasteiger partial charge in [-0.2, -0.15) is 0 Å². The second-order valence-electron chi connectivity index (χ2n) is 4.76. The molecular formula is C15H22N2O4. The van der Waals surface area contributed by atoms with Gasteiger partial charge < -0.3 is 20.1 Å². The molecule has 0 aliphatic carbocycles. The van der Waals surface area contributed by atoms with E-state index in [2.05, 4.69) is 5.32 Å². The van der Waals surface area contributed by atoms with E-state index in [-0.39, 0.29) is 19.0 Å². The van der Waals surface area contributed by atoms with E-state index in [1.807, 2.05) is 31.2 Å². The van der Waals surface area contributed by atoms with Crippen LogP contribution < -0.4 is 10.1 Å². The summed E-state index contributed by atoms with van der Waals surface area (Å²) in [6, 6.07) is 7.49. The quantitative estimate of drug-likeness (QED) is 0.718. The zero-order valence-electron chi connectivity index (χ0n) is 12.5. The summed E-state index contributed by atoms with van der Waals surface area (Å²) < 4.78 is 5.62.